The third-order valence-corrected chi connectivity index (χ3v) is 4.72. The van der Waals surface area contributed by atoms with E-state index >= 15 is 0 Å². The molecule has 150 valence electrons. The predicted molar refractivity (Wildman–Crippen MR) is 110 cm³/mol. The number of aliphatic imine (C=N–C) groups is 1. The van der Waals surface area contributed by atoms with Gasteiger partial charge in [-0.05, 0) is 42.7 Å². The topological polar surface area (TPSA) is 79.7 Å². The van der Waals surface area contributed by atoms with Gasteiger partial charge in [-0.2, -0.15) is 0 Å². The van der Waals surface area contributed by atoms with Crippen molar-refractivity contribution in [1.29, 1.82) is 0 Å². The first-order valence-corrected chi connectivity index (χ1v) is 9.78. The molecule has 0 radical (unpaired) electrons. The minimum Gasteiger partial charge on any atom is -0.376 e. The van der Waals surface area contributed by atoms with Crippen LogP contribution in [-0.4, -0.2) is 49.3 Å². The fraction of sp³-hybridized carbons (Fsp3) is 0.429. The summed E-state index contributed by atoms with van der Waals surface area (Å²) in [6, 6.07) is 11.7. The Labute approximate surface area is 166 Å². The second-order valence-corrected chi connectivity index (χ2v) is 6.82. The van der Waals surface area contributed by atoms with Gasteiger partial charge in [-0.25, -0.2) is 0 Å². The minimum atomic E-state index is -0.0634. The molecule has 0 bridgehead atoms. The molecule has 28 heavy (non-hydrogen) atoms. The number of benzene rings is 1. The zero-order chi connectivity index (χ0) is 19.6. The highest BCUT2D eigenvalue weighted by atomic mass is 16.5. The van der Waals surface area contributed by atoms with E-state index in [1.54, 1.807) is 7.05 Å². The number of carbonyl (C=O) groups is 1. The van der Waals surface area contributed by atoms with Crippen LogP contribution in [0, 0.1) is 0 Å². The lowest BCUT2D eigenvalue weighted by Gasteiger charge is -2.13. The van der Waals surface area contributed by atoms with Gasteiger partial charge in [0.1, 0.15) is 0 Å². The van der Waals surface area contributed by atoms with Gasteiger partial charge in [0.05, 0.1) is 6.10 Å². The van der Waals surface area contributed by atoms with Gasteiger partial charge in [0, 0.05) is 57.8 Å². The maximum atomic E-state index is 12.4. The Morgan fingerprint density at radius 3 is 2.82 bits per heavy atom. The number of carbonyl (C=O) groups excluding carboxylic acids is 1. The van der Waals surface area contributed by atoms with Gasteiger partial charge in [-0.1, -0.05) is 12.1 Å². The van der Waals surface area contributed by atoms with Crippen molar-refractivity contribution in [2.45, 2.75) is 32.0 Å². The molecule has 1 fully saturated rings. The molecule has 2 heterocycles. The lowest BCUT2D eigenvalue weighted by molar-refractivity contribution is 0.0857. The molecule has 7 heteroatoms. The van der Waals surface area contributed by atoms with Gasteiger partial charge in [-0.15, -0.1) is 0 Å². The molecule has 3 rings (SSSR count). The monoisotopic (exact) mass is 383 g/mol. The van der Waals surface area contributed by atoms with E-state index in [-0.39, 0.29) is 12.0 Å². The van der Waals surface area contributed by atoms with Gasteiger partial charge in [0.2, 0.25) is 0 Å². The Balaban J connectivity index is 1.44. The number of guanidine groups is 1. The van der Waals surface area contributed by atoms with Gasteiger partial charge >= 0.3 is 0 Å². The van der Waals surface area contributed by atoms with E-state index in [0.29, 0.717) is 18.7 Å². The average Bonchev–Trinajstić information content (AvgIpc) is 3.43. The first-order chi connectivity index (χ1) is 13.7. The maximum Gasteiger partial charge on any atom is 0.251 e. The van der Waals surface area contributed by atoms with Crippen LogP contribution in [0.4, 0.5) is 0 Å². The molecule has 1 aromatic heterocycles. The SMILES string of the molecule is CN=C(NCCn1cccc1)NCc1cccc(C(=O)NCC2CCCO2)c1. The molecule has 1 aromatic carbocycles. The van der Waals surface area contributed by atoms with Gasteiger partial charge in [-0.3, -0.25) is 9.79 Å². The maximum absolute atomic E-state index is 12.4. The summed E-state index contributed by atoms with van der Waals surface area (Å²) in [5, 5.41) is 9.54. The minimum absolute atomic E-state index is 0.0634. The molecular weight excluding hydrogens is 354 g/mol. The number of hydrogen-bond acceptors (Lipinski definition) is 3. The summed E-state index contributed by atoms with van der Waals surface area (Å²) in [6.07, 6.45) is 6.30. The second-order valence-electron chi connectivity index (χ2n) is 6.82. The number of nitrogens with one attached hydrogen (secondary N) is 3. The fourth-order valence-electron chi connectivity index (χ4n) is 3.17. The van der Waals surface area contributed by atoms with Crippen LogP contribution in [0.1, 0.15) is 28.8 Å². The standard InChI is InChI=1S/C21H29N5O2/c1-22-21(23-9-12-26-10-2-3-11-26)25-15-17-6-4-7-18(14-17)20(27)24-16-19-8-5-13-28-19/h2-4,6-7,10-11,14,19H,5,8-9,12-13,15-16H2,1H3,(H,24,27)(H2,22,23,25). The Morgan fingerprint density at radius 2 is 2.07 bits per heavy atom. The molecule has 0 spiro atoms. The Bertz CT molecular complexity index is 767. The molecule has 1 amide bonds. The molecule has 1 unspecified atom stereocenters. The van der Waals surface area contributed by atoms with Crippen molar-refractivity contribution in [2.75, 3.05) is 26.7 Å². The number of rotatable bonds is 8. The highest BCUT2D eigenvalue weighted by Gasteiger charge is 2.16. The number of amides is 1. The fourth-order valence-corrected chi connectivity index (χ4v) is 3.17. The summed E-state index contributed by atoms with van der Waals surface area (Å²) in [6.45, 7) is 3.60. The summed E-state index contributed by atoms with van der Waals surface area (Å²) in [4.78, 5) is 16.6. The first-order valence-electron chi connectivity index (χ1n) is 9.78. The highest BCUT2D eigenvalue weighted by Crippen LogP contribution is 2.11. The average molecular weight is 383 g/mol. The molecule has 1 aliphatic heterocycles. The molecular formula is C21H29N5O2. The zero-order valence-corrected chi connectivity index (χ0v) is 16.4. The lowest BCUT2D eigenvalue weighted by atomic mass is 10.1. The lowest BCUT2D eigenvalue weighted by Crippen LogP contribution is -2.38. The molecule has 3 N–H and O–H groups in total. The third-order valence-electron chi connectivity index (χ3n) is 4.72. The Morgan fingerprint density at radius 1 is 1.21 bits per heavy atom. The highest BCUT2D eigenvalue weighted by molar-refractivity contribution is 5.94. The van der Waals surface area contributed by atoms with Crippen molar-refractivity contribution in [3.8, 4) is 0 Å². The van der Waals surface area contributed by atoms with Gasteiger partial charge in [0.25, 0.3) is 5.91 Å². The van der Waals surface area contributed by atoms with Crippen LogP contribution in [0.15, 0.2) is 53.8 Å². The van der Waals surface area contributed by atoms with E-state index in [1.807, 2.05) is 48.8 Å². The largest absolute Gasteiger partial charge is 0.376 e. The second kappa shape index (κ2) is 10.5. The predicted octanol–water partition coefficient (Wildman–Crippen LogP) is 1.76. The molecule has 0 aliphatic carbocycles. The molecule has 7 nitrogen and oxygen atoms in total. The summed E-state index contributed by atoms with van der Waals surface area (Å²) in [5.74, 6) is 0.673. The molecule has 0 saturated carbocycles. The number of hydrogen-bond donors (Lipinski definition) is 3. The van der Waals surface area contributed by atoms with Gasteiger partial charge in [0.15, 0.2) is 5.96 Å². The van der Waals surface area contributed by atoms with Crippen molar-refractivity contribution < 1.29 is 9.53 Å². The van der Waals surface area contributed by atoms with E-state index in [0.717, 1.165) is 44.1 Å². The summed E-state index contributed by atoms with van der Waals surface area (Å²) >= 11 is 0. The van der Waals surface area contributed by atoms with Crippen LogP contribution >= 0.6 is 0 Å². The van der Waals surface area contributed by atoms with Crippen LogP contribution in [0.2, 0.25) is 0 Å². The number of ether oxygens (including phenoxy) is 1. The van der Waals surface area contributed by atoms with Gasteiger partial charge < -0.3 is 25.3 Å². The molecule has 1 saturated heterocycles. The van der Waals surface area contributed by atoms with E-state index in [4.69, 9.17) is 4.74 Å². The normalized spacial score (nSPS) is 16.8. The van der Waals surface area contributed by atoms with Crippen LogP contribution in [0.3, 0.4) is 0 Å². The van der Waals surface area contributed by atoms with E-state index in [1.165, 1.54) is 0 Å². The summed E-state index contributed by atoms with van der Waals surface area (Å²) in [7, 11) is 1.75. The summed E-state index contributed by atoms with van der Waals surface area (Å²) in [5.41, 5.74) is 1.69. The molecule has 1 aliphatic rings. The van der Waals surface area contributed by atoms with Crippen LogP contribution in [0.25, 0.3) is 0 Å². The smallest absolute Gasteiger partial charge is 0.251 e. The number of nitrogens with zero attached hydrogens (tertiary/aromatic N) is 2. The van der Waals surface area contributed by atoms with Crippen molar-refractivity contribution in [2.24, 2.45) is 4.99 Å². The van der Waals surface area contributed by atoms with Crippen LogP contribution in [0.5, 0.6) is 0 Å². The van der Waals surface area contributed by atoms with Crippen LogP contribution in [-0.2, 0) is 17.8 Å². The van der Waals surface area contributed by atoms with E-state index < -0.39 is 0 Å². The zero-order valence-electron chi connectivity index (χ0n) is 16.4. The van der Waals surface area contributed by atoms with Crippen molar-refractivity contribution in [3.63, 3.8) is 0 Å². The van der Waals surface area contributed by atoms with E-state index in [2.05, 4.69) is 25.5 Å². The Hall–Kier alpha value is -2.80. The van der Waals surface area contributed by atoms with E-state index in [9.17, 15) is 4.79 Å². The summed E-state index contributed by atoms with van der Waals surface area (Å²) < 4.78 is 7.66. The first kappa shape index (κ1) is 19.9. The van der Waals surface area contributed by atoms with Crippen molar-refractivity contribution in [1.82, 2.24) is 20.5 Å². The van der Waals surface area contributed by atoms with Crippen molar-refractivity contribution >= 4 is 11.9 Å². The Kier molecular flexibility index (Phi) is 7.49. The number of aromatic nitrogens is 1. The molecule has 1 atom stereocenters. The van der Waals surface area contributed by atoms with Crippen LogP contribution < -0.4 is 16.0 Å². The quantitative estimate of drug-likeness (QED) is 0.479. The van der Waals surface area contributed by atoms with Crippen molar-refractivity contribution in [3.05, 3.63) is 59.9 Å². The third kappa shape index (κ3) is 6.13. The molecule has 2 aromatic rings.